The van der Waals surface area contributed by atoms with Crippen LogP contribution < -0.4 is 11.2 Å². The van der Waals surface area contributed by atoms with Gasteiger partial charge in [-0.2, -0.15) is 8.62 Å². The number of H-pyrrole nitrogens is 1. The van der Waals surface area contributed by atoms with E-state index < -0.39 is 65.1 Å². The molecule has 2 heterocycles. The molecule has 0 amide bonds. The summed E-state index contributed by atoms with van der Waals surface area (Å²) in [6.45, 7) is 1.37. The molecule has 6 atom stereocenters. The first kappa shape index (κ1) is 25.6. The molecule has 0 spiro atoms. The highest BCUT2D eigenvalue weighted by molar-refractivity contribution is 7.66. The Labute approximate surface area is 179 Å². The number of phosphoric ester groups is 1. The third kappa shape index (κ3) is 5.73. The lowest BCUT2D eigenvalue weighted by atomic mass is 10.0. The number of phosphoric acid groups is 3. The van der Waals surface area contributed by atoms with E-state index in [2.05, 4.69) is 18.1 Å². The van der Waals surface area contributed by atoms with Gasteiger partial charge in [-0.25, -0.2) is 18.5 Å². The highest BCUT2D eigenvalue weighted by atomic mass is 31.3. The molecule has 1 aliphatic heterocycles. The smallest absolute Gasteiger partial charge is 0.390 e. The molecule has 3 unspecified atom stereocenters. The van der Waals surface area contributed by atoms with Crippen LogP contribution in [0.25, 0.3) is 0 Å². The van der Waals surface area contributed by atoms with E-state index in [1.165, 1.54) is 10.8 Å². The highest BCUT2D eigenvalue weighted by Crippen LogP contribution is 2.68. The Morgan fingerprint density at radius 2 is 1.84 bits per heavy atom. The van der Waals surface area contributed by atoms with Crippen molar-refractivity contribution in [1.29, 1.82) is 0 Å². The first-order valence-electron chi connectivity index (χ1n) is 9.06. The van der Waals surface area contributed by atoms with Crippen LogP contribution >= 0.6 is 23.5 Å². The molecule has 1 saturated heterocycles. The molecule has 182 valence electrons. The standard InChI is InChI=1S/C13H21N2O14P3/c1-2-3-15-5-7(11(17)14-12(15)18)10-9(16)8-4-13(8,27-10)6-26-31(22,23)29-32(24,25)28-30(19,20)21/h5,8-10,16H,2-4,6H2,1H3,(H,22,23)(H,24,25)(H,14,17,18)(H2,19,20,21)/t8?,9-,10-,13+/m0/s1. The van der Waals surface area contributed by atoms with E-state index in [9.17, 15) is 38.2 Å². The molecule has 3 rings (SSSR count). The predicted octanol–water partition coefficient (Wildman–Crippen LogP) is -0.519. The van der Waals surface area contributed by atoms with Gasteiger partial charge in [0, 0.05) is 18.7 Å². The molecule has 19 heteroatoms. The number of aliphatic hydroxyl groups excluding tert-OH is 1. The van der Waals surface area contributed by atoms with E-state index in [4.69, 9.17) is 14.5 Å². The first-order chi connectivity index (χ1) is 14.6. The normalized spacial score (nSPS) is 31.0. The van der Waals surface area contributed by atoms with E-state index >= 15 is 0 Å². The number of hydrogen-bond acceptors (Lipinski definition) is 10. The quantitative estimate of drug-likeness (QED) is 0.212. The maximum atomic E-state index is 12.2. The van der Waals surface area contributed by atoms with Gasteiger partial charge in [0.25, 0.3) is 5.56 Å². The van der Waals surface area contributed by atoms with Gasteiger partial charge in [-0.05, 0) is 12.8 Å². The summed E-state index contributed by atoms with van der Waals surface area (Å²) < 4.78 is 52.7. The summed E-state index contributed by atoms with van der Waals surface area (Å²) in [5.74, 6) is -0.634. The molecule has 32 heavy (non-hydrogen) atoms. The summed E-state index contributed by atoms with van der Waals surface area (Å²) in [4.78, 5) is 62.0. The lowest BCUT2D eigenvalue weighted by Crippen LogP contribution is -2.35. The number of ether oxygens (including phenoxy) is 1. The zero-order valence-electron chi connectivity index (χ0n) is 16.3. The van der Waals surface area contributed by atoms with Gasteiger partial charge in [-0.3, -0.25) is 14.3 Å². The van der Waals surface area contributed by atoms with Crippen LogP contribution in [-0.2, 0) is 38.1 Å². The van der Waals surface area contributed by atoms with Gasteiger partial charge in [0.1, 0.15) is 6.10 Å². The molecule has 6 N–H and O–H groups in total. The third-order valence-electron chi connectivity index (χ3n) is 4.86. The molecule has 1 aliphatic carbocycles. The molecule has 2 fully saturated rings. The number of hydrogen-bond donors (Lipinski definition) is 6. The molecule has 16 nitrogen and oxygen atoms in total. The number of aromatic amines is 1. The van der Waals surface area contributed by atoms with Crippen LogP contribution in [0.3, 0.4) is 0 Å². The second-order valence-electron chi connectivity index (χ2n) is 7.31. The lowest BCUT2D eigenvalue weighted by molar-refractivity contribution is -0.0547. The zero-order valence-corrected chi connectivity index (χ0v) is 19.0. The summed E-state index contributed by atoms with van der Waals surface area (Å²) in [5, 5.41) is 10.5. The summed E-state index contributed by atoms with van der Waals surface area (Å²) >= 11 is 0. The monoisotopic (exact) mass is 522 g/mol. The van der Waals surface area contributed by atoms with Crippen molar-refractivity contribution in [2.24, 2.45) is 5.92 Å². The van der Waals surface area contributed by atoms with E-state index in [0.29, 0.717) is 13.0 Å². The lowest BCUT2D eigenvalue weighted by Gasteiger charge is -2.22. The first-order valence-corrected chi connectivity index (χ1v) is 13.6. The van der Waals surface area contributed by atoms with Gasteiger partial charge in [-0.1, -0.05) is 6.92 Å². The second-order valence-corrected chi connectivity index (χ2v) is 11.7. The van der Waals surface area contributed by atoms with Gasteiger partial charge in [0.05, 0.1) is 23.9 Å². The Bertz CT molecular complexity index is 1140. The van der Waals surface area contributed by atoms with E-state index in [0.717, 1.165) is 0 Å². The Balaban J connectivity index is 1.71. The van der Waals surface area contributed by atoms with Crippen LogP contribution in [0.4, 0.5) is 0 Å². The zero-order chi connectivity index (χ0) is 24.1. The molecule has 0 bridgehead atoms. The Hall–Kier alpha value is -0.990. The second kappa shape index (κ2) is 8.66. The molecule has 0 radical (unpaired) electrons. The van der Waals surface area contributed by atoms with Crippen LogP contribution in [0.15, 0.2) is 15.8 Å². The Morgan fingerprint density at radius 1 is 1.19 bits per heavy atom. The average Bonchev–Trinajstić information content (AvgIpc) is 3.25. The van der Waals surface area contributed by atoms with Crippen LogP contribution in [-0.4, -0.2) is 52.5 Å². The molecule has 0 aromatic carbocycles. The minimum Gasteiger partial charge on any atom is -0.390 e. The van der Waals surface area contributed by atoms with Crippen molar-refractivity contribution in [3.05, 3.63) is 32.6 Å². The number of rotatable bonds is 10. The van der Waals surface area contributed by atoms with E-state index in [-0.39, 0.29) is 12.0 Å². The molecule has 1 aromatic heterocycles. The van der Waals surface area contributed by atoms with E-state index in [1.807, 2.05) is 6.92 Å². The molecule has 1 aromatic rings. The average molecular weight is 522 g/mol. The molecule has 1 saturated carbocycles. The van der Waals surface area contributed by atoms with Gasteiger partial charge in [0.15, 0.2) is 0 Å². The maximum Gasteiger partial charge on any atom is 0.490 e. The summed E-state index contributed by atoms with van der Waals surface area (Å²) in [6, 6.07) is 0. The van der Waals surface area contributed by atoms with Crippen molar-refractivity contribution >= 4 is 23.5 Å². The topological polar surface area (TPSA) is 244 Å². The minimum absolute atomic E-state index is 0.0459. The van der Waals surface area contributed by atoms with E-state index in [1.54, 1.807) is 0 Å². The maximum absolute atomic E-state index is 12.2. The Kier molecular flexibility index (Phi) is 6.93. The molecular formula is C13H21N2O14P3. The molecular weight excluding hydrogens is 501 g/mol. The number of aromatic nitrogens is 2. The van der Waals surface area contributed by atoms with Crippen molar-refractivity contribution in [2.75, 3.05) is 6.61 Å². The van der Waals surface area contributed by atoms with Crippen molar-refractivity contribution in [1.82, 2.24) is 9.55 Å². The number of fused-ring (bicyclic) bond motifs is 1. The third-order valence-corrected chi connectivity index (χ3v) is 8.65. The van der Waals surface area contributed by atoms with Gasteiger partial charge in [-0.15, -0.1) is 0 Å². The number of nitrogens with one attached hydrogen (secondary N) is 1. The van der Waals surface area contributed by atoms with Crippen LogP contribution in [0.5, 0.6) is 0 Å². The fourth-order valence-electron chi connectivity index (χ4n) is 3.49. The fraction of sp³-hybridized carbons (Fsp3) is 0.692. The Morgan fingerprint density at radius 3 is 2.44 bits per heavy atom. The van der Waals surface area contributed by atoms with Crippen molar-refractivity contribution in [2.45, 2.75) is 44.1 Å². The van der Waals surface area contributed by atoms with Crippen LogP contribution in [0, 0.1) is 5.92 Å². The largest absolute Gasteiger partial charge is 0.490 e. The number of aliphatic hydroxyl groups is 1. The van der Waals surface area contributed by atoms with Crippen molar-refractivity contribution in [3.63, 3.8) is 0 Å². The van der Waals surface area contributed by atoms with Gasteiger partial charge >= 0.3 is 29.2 Å². The SMILES string of the molecule is CCCn1cc([C@@H]2O[C@@]3(COP(=O)(O)OP(=O)(O)OP(=O)(O)O)CC3[C@@H]2O)c(=O)[nH]c1=O. The molecule has 2 aliphatic rings. The van der Waals surface area contributed by atoms with Crippen molar-refractivity contribution in [3.8, 4) is 0 Å². The predicted molar refractivity (Wildman–Crippen MR) is 102 cm³/mol. The van der Waals surface area contributed by atoms with Crippen LogP contribution in [0.1, 0.15) is 31.4 Å². The fourth-order valence-corrected chi connectivity index (χ4v) is 6.57. The summed E-state index contributed by atoms with van der Waals surface area (Å²) in [6.07, 6.45) is -0.433. The highest BCUT2D eigenvalue weighted by Gasteiger charge is 2.68. The number of nitrogens with zero attached hydrogens (tertiary/aromatic N) is 1. The minimum atomic E-state index is -5.67. The van der Waals surface area contributed by atoms with Crippen LogP contribution in [0.2, 0.25) is 0 Å². The summed E-state index contributed by atoms with van der Waals surface area (Å²) in [5.41, 5.74) is -2.81. The van der Waals surface area contributed by atoms with Crippen molar-refractivity contribution < 1.29 is 56.3 Å². The van der Waals surface area contributed by atoms with Gasteiger partial charge in [0.2, 0.25) is 0 Å². The summed E-state index contributed by atoms with van der Waals surface area (Å²) in [7, 11) is -16.6. The number of aryl methyl sites for hydroxylation is 1. The van der Waals surface area contributed by atoms with Gasteiger partial charge < -0.3 is 34.0 Å².